The maximum absolute atomic E-state index is 12.6. The Balaban J connectivity index is 1.84. The van der Waals surface area contributed by atoms with Gasteiger partial charge in [0, 0.05) is 23.0 Å². The summed E-state index contributed by atoms with van der Waals surface area (Å²) in [5.74, 6) is -0.284. The number of anilines is 1. The summed E-state index contributed by atoms with van der Waals surface area (Å²) in [6, 6.07) is 16.2. The molecule has 1 amide bonds. The molecule has 0 aliphatic rings. The van der Waals surface area contributed by atoms with E-state index in [0.717, 1.165) is 16.7 Å². The third kappa shape index (κ3) is 4.21. The van der Waals surface area contributed by atoms with Crippen LogP contribution in [0, 0.1) is 13.8 Å². The fourth-order valence-corrected chi connectivity index (χ4v) is 2.77. The zero-order chi connectivity index (χ0) is 18.7. The number of benzene rings is 2. The van der Waals surface area contributed by atoms with Gasteiger partial charge in [-0.25, -0.2) is 0 Å². The molecule has 4 nitrogen and oxygen atoms in total. The average Bonchev–Trinajstić information content (AvgIpc) is 2.62. The monoisotopic (exact) mass is 366 g/mol. The molecule has 1 heterocycles. The van der Waals surface area contributed by atoms with E-state index in [1.54, 1.807) is 18.3 Å². The van der Waals surface area contributed by atoms with Crippen molar-refractivity contribution in [2.45, 2.75) is 20.4 Å². The van der Waals surface area contributed by atoms with Crippen LogP contribution in [0.5, 0.6) is 0 Å². The number of pyridine rings is 1. The van der Waals surface area contributed by atoms with Crippen LogP contribution < -0.4 is 10.9 Å². The van der Waals surface area contributed by atoms with Crippen LogP contribution in [0.1, 0.15) is 27.0 Å². The summed E-state index contributed by atoms with van der Waals surface area (Å²) in [7, 11) is 0. The molecule has 0 unspecified atom stereocenters. The van der Waals surface area contributed by atoms with Crippen molar-refractivity contribution in [2.75, 3.05) is 5.32 Å². The SMILES string of the molecule is Cc1ccc(Cn2cc(C(=O)Nc3cc(Cl)ccc3C)ccc2=O)cc1. The Morgan fingerprint density at radius 1 is 1.04 bits per heavy atom. The molecule has 0 aliphatic heterocycles. The van der Waals surface area contributed by atoms with Gasteiger partial charge >= 0.3 is 0 Å². The number of rotatable bonds is 4. The third-order valence-corrected chi connectivity index (χ3v) is 4.40. The minimum atomic E-state index is -0.284. The Labute approximate surface area is 157 Å². The first-order valence-electron chi connectivity index (χ1n) is 8.26. The first-order chi connectivity index (χ1) is 12.4. The van der Waals surface area contributed by atoms with Gasteiger partial charge in [0.2, 0.25) is 0 Å². The zero-order valence-electron chi connectivity index (χ0n) is 14.6. The molecular formula is C21H19ClN2O2. The highest BCUT2D eigenvalue weighted by atomic mass is 35.5. The maximum Gasteiger partial charge on any atom is 0.257 e. The van der Waals surface area contributed by atoms with Crippen LogP contribution in [0.15, 0.2) is 65.6 Å². The van der Waals surface area contributed by atoms with Gasteiger partial charge in [-0.3, -0.25) is 9.59 Å². The number of carbonyl (C=O) groups excluding carboxylic acids is 1. The maximum atomic E-state index is 12.6. The Hall–Kier alpha value is -2.85. The number of nitrogens with one attached hydrogen (secondary N) is 1. The summed E-state index contributed by atoms with van der Waals surface area (Å²) in [6.45, 7) is 4.32. The van der Waals surface area contributed by atoms with Crippen LogP contribution in [0.2, 0.25) is 5.02 Å². The highest BCUT2D eigenvalue weighted by Gasteiger charge is 2.10. The topological polar surface area (TPSA) is 51.1 Å². The molecule has 0 radical (unpaired) electrons. The van der Waals surface area contributed by atoms with Crippen molar-refractivity contribution in [1.29, 1.82) is 0 Å². The van der Waals surface area contributed by atoms with Crippen LogP contribution in [-0.2, 0) is 6.54 Å². The summed E-state index contributed by atoms with van der Waals surface area (Å²) >= 11 is 6.00. The minimum absolute atomic E-state index is 0.152. The average molecular weight is 367 g/mol. The minimum Gasteiger partial charge on any atom is -0.322 e. The van der Waals surface area contributed by atoms with Gasteiger partial charge < -0.3 is 9.88 Å². The van der Waals surface area contributed by atoms with E-state index in [4.69, 9.17) is 11.6 Å². The number of halogens is 1. The second-order valence-electron chi connectivity index (χ2n) is 6.28. The van der Waals surface area contributed by atoms with Crippen molar-refractivity contribution >= 4 is 23.2 Å². The number of hydrogen-bond acceptors (Lipinski definition) is 2. The van der Waals surface area contributed by atoms with Crippen LogP contribution in [0.3, 0.4) is 0 Å². The third-order valence-electron chi connectivity index (χ3n) is 4.17. The van der Waals surface area contributed by atoms with Gasteiger partial charge in [-0.15, -0.1) is 0 Å². The summed E-state index contributed by atoms with van der Waals surface area (Å²) < 4.78 is 1.53. The molecule has 132 valence electrons. The van der Waals surface area contributed by atoms with Crippen molar-refractivity contribution in [3.05, 3.63) is 98.4 Å². The van der Waals surface area contributed by atoms with Crippen LogP contribution in [0.25, 0.3) is 0 Å². The molecule has 0 aliphatic carbocycles. The molecule has 1 aromatic heterocycles. The van der Waals surface area contributed by atoms with Gasteiger partial charge in [0.25, 0.3) is 11.5 Å². The molecule has 3 rings (SSSR count). The van der Waals surface area contributed by atoms with Crippen molar-refractivity contribution in [3.8, 4) is 0 Å². The van der Waals surface area contributed by atoms with Gasteiger partial charge in [0.15, 0.2) is 0 Å². The Kier molecular flexibility index (Phi) is 5.24. The molecule has 0 fully saturated rings. The van der Waals surface area contributed by atoms with Gasteiger partial charge in [-0.2, -0.15) is 0 Å². The lowest BCUT2D eigenvalue weighted by Crippen LogP contribution is -2.22. The van der Waals surface area contributed by atoms with Gasteiger partial charge in [0.05, 0.1) is 12.1 Å². The fraction of sp³-hybridized carbons (Fsp3) is 0.143. The van der Waals surface area contributed by atoms with E-state index in [1.807, 2.05) is 44.2 Å². The molecule has 26 heavy (non-hydrogen) atoms. The lowest BCUT2D eigenvalue weighted by Gasteiger charge is -2.11. The zero-order valence-corrected chi connectivity index (χ0v) is 15.4. The van der Waals surface area contributed by atoms with Crippen molar-refractivity contribution < 1.29 is 4.79 Å². The molecule has 0 spiro atoms. The Morgan fingerprint density at radius 3 is 2.50 bits per heavy atom. The normalized spacial score (nSPS) is 10.6. The quantitative estimate of drug-likeness (QED) is 0.743. The number of nitrogens with zero attached hydrogens (tertiary/aromatic N) is 1. The summed E-state index contributed by atoms with van der Waals surface area (Å²) in [5, 5.41) is 3.40. The number of carbonyl (C=O) groups is 1. The predicted octanol–water partition coefficient (Wildman–Crippen LogP) is 4.42. The second kappa shape index (κ2) is 7.58. The van der Waals surface area contributed by atoms with Crippen molar-refractivity contribution in [1.82, 2.24) is 4.57 Å². The van der Waals surface area contributed by atoms with E-state index in [2.05, 4.69) is 5.32 Å². The van der Waals surface area contributed by atoms with E-state index in [0.29, 0.717) is 22.8 Å². The summed E-state index contributed by atoms with van der Waals surface area (Å²) in [6.07, 6.45) is 1.58. The van der Waals surface area contributed by atoms with Crippen LogP contribution in [0.4, 0.5) is 5.69 Å². The Bertz CT molecular complexity index is 1010. The van der Waals surface area contributed by atoms with Gasteiger partial charge in [-0.1, -0.05) is 47.5 Å². The molecule has 0 atom stereocenters. The second-order valence-corrected chi connectivity index (χ2v) is 6.72. The largest absolute Gasteiger partial charge is 0.322 e. The standard InChI is InChI=1S/C21H19ClN2O2/c1-14-3-6-16(7-4-14)12-24-13-17(8-10-20(24)25)21(26)23-19-11-18(22)9-5-15(19)2/h3-11,13H,12H2,1-2H3,(H,23,26). The number of amides is 1. The highest BCUT2D eigenvalue weighted by molar-refractivity contribution is 6.31. The molecule has 3 aromatic rings. The lowest BCUT2D eigenvalue weighted by molar-refractivity contribution is 0.102. The summed E-state index contributed by atoms with van der Waals surface area (Å²) in [5.41, 5.74) is 3.98. The summed E-state index contributed by atoms with van der Waals surface area (Å²) in [4.78, 5) is 24.7. The van der Waals surface area contributed by atoms with Crippen LogP contribution >= 0.6 is 11.6 Å². The Morgan fingerprint density at radius 2 is 1.77 bits per heavy atom. The van der Waals surface area contributed by atoms with E-state index in [1.165, 1.54) is 16.7 Å². The molecule has 0 saturated heterocycles. The molecular weight excluding hydrogens is 348 g/mol. The molecule has 2 aromatic carbocycles. The number of hydrogen-bond donors (Lipinski definition) is 1. The molecule has 0 bridgehead atoms. The molecule has 1 N–H and O–H groups in total. The highest BCUT2D eigenvalue weighted by Crippen LogP contribution is 2.20. The van der Waals surface area contributed by atoms with E-state index >= 15 is 0 Å². The van der Waals surface area contributed by atoms with Crippen LogP contribution in [-0.4, -0.2) is 10.5 Å². The molecule has 0 saturated carbocycles. The molecule has 5 heteroatoms. The van der Waals surface area contributed by atoms with E-state index in [-0.39, 0.29) is 11.5 Å². The van der Waals surface area contributed by atoms with Crippen molar-refractivity contribution in [2.24, 2.45) is 0 Å². The van der Waals surface area contributed by atoms with E-state index in [9.17, 15) is 9.59 Å². The fourth-order valence-electron chi connectivity index (χ4n) is 2.60. The van der Waals surface area contributed by atoms with E-state index < -0.39 is 0 Å². The van der Waals surface area contributed by atoms with Crippen molar-refractivity contribution in [3.63, 3.8) is 0 Å². The lowest BCUT2D eigenvalue weighted by atomic mass is 10.1. The number of aryl methyl sites for hydroxylation is 2. The smallest absolute Gasteiger partial charge is 0.257 e. The first-order valence-corrected chi connectivity index (χ1v) is 8.64. The first kappa shape index (κ1) is 18.0. The van der Waals surface area contributed by atoms with Gasteiger partial charge in [0.1, 0.15) is 0 Å². The van der Waals surface area contributed by atoms with Gasteiger partial charge in [-0.05, 0) is 43.2 Å². The predicted molar refractivity (Wildman–Crippen MR) is 105 cm³/mol. The number of aromatic nitrogens is 1.